The van der Waals surface area contributed by atoms with Gasteiger partial charge in [-0.3, -0.25) is 19.6 Å². The van der Waals surface area contributed by atoms with Gasteiger partial charge in [0.2, 0.25) is 5.91 Å². The van der Waals surface area contributed by atoms with Crippen molar-refractivity contribution in [3.63, 3.8) is 0 Å². The number of para-hydroxylation sites is 1. The molecule has 3 rings (SSSR count). The molecule has 250 valence electrons. The van der Waals surface area contributed by atoms with E-state index in [9.17, 15) is 9.59 Å². The van der Waals surface area contributed by atoms with Crippen molar-refractivity contribution in [2.45, 2.75) is 44.9 Å². The van der Waals surface area contributed by atoms with Crippen molar-refractivity contribution in [2.24, 2.45) is 32.9 Å². The fourth-order valence-electron chi connectivity index (χ4n) is 4.15. The largest absolute Gasteiger partial charge is 0.494 e. The molecule has 0 spiro atoms. The summed E-state index contributed by atoms with van der Waals surface area (Å²) in [5.41, 5.74) is 22.6. The van der Waals surface area contributed by atoms with Crippen molar-refractivity contribution >= 4 is 59.9 Å². The van der Waals surface area contributed by atoms with Gasteiger partial charge in [0, 0.05) is 31.6 Å². The Hall–Kier alpha value is -4.68. The zero-order chi connectivity index (χ0) is 31.6. The van der Waals surface area contributed by atoms with E-state index in [4.69, 9.17) is 32.4 Å². The van der Waals surface area contributed by atoms with Crippen LogP contribution in [0.25, 0.3) is 0 Å². The molecule has 46 heavy (non-hydrogen) atoms. The Bertz CT molecular complexity index is 1400. The summed E-state index contributed by atoms with van der Waals surface area (Å²) in [6, 6.07) is 21.4. The predicted molar refractivity (Wildman–Crippen MR) is 190 cm³/mol. The minimum atomic E-state index is -0.399. The molecule has 10 N–H and O–H groups in total. The Morgan fingerprint density at radius 2 is 1.24 bits per heavy atom. The minimum absolute atomic E-state index is 0. The number of hydrogen-bond acceptors (Lipinski definition) is 6. The van der Waals surface area contributed by atoms with E-state index in [0.29, 0.717) is 61.2 Å². The number of carbonyl (C=O) groups is 2. The second-order valence-electron chi connectivity index (χ2n) is 9.98. The van der Waals surface area contributed by atoms with E-state index in [1.165, 1.54) is 0 Å². The number of nitrogens with one attached hydrogen (secondary N) is 2. The average Bonchev–Trinajstić information content (AvgIpc) is 3.00. The topological polar surface area (TPSA) is 205 Å². The quantitative estimate of drug-likeness (QED) is 0.0601. The lowest BCUT2D eigenvalue weighted by atomic mass is 10.1. The number of nitrogens with zero attached hydrogens (tertiary/aromatic N) is 2. The summed E-state index contributed by atoms with van der Waals surface area (Å²) in [6.45, 7) is 1.37. The van der Waals surface area contributed by atoms with Gasteiger partial charge >= 0.3 is 0 Å². The lowest BCUT2D eigenvalue weighted by Crippen LogP contribution is -2.23. The molecule has 3 aromatic rings. The molecular weight excluding hydrogens is 631 g/mol. The first kappa shape index (κ1) is 39.3. The van der Waals surface area contributed by atoms with E-state index in [-0.39, 0.29) is 48.2 Å². The highest BCUT2D eigenvalue weighted by molar-refractivity contribution is 6.10. The van der Waals surface area contributed by atoms with Crippen LogP contribution in [0.3, 0.4) is 0 Å². The Kier molecular flexibility index (Phi) is 18.8. The van der Waals surface area contributed by atoms with Gasteiger partial charge in [-0.15, -0.1) is 24.8 Å². The van der Waals surface area contributed by atoms with E-state index >= 15 is 0 Å². The third-order valence-electron chi connectivity index (χ3n) is 6.32. The van der Waals surface area contributed by atoms with E-state index in [1.54, 1.807) is 42.5 Å². The van der Waals surface area contributed by atoms with Crippen LogP contribution < -0.4 is 43.0 Å². The maximum atomic E-state index is 13.4. The first-order valence-corrected chi connectivity index (χ1v) is 14.6. The zero-order valence-electron chi connectivity index (χ0n) is 25.7. The molecule has 0 fully saturated rings. The summed E-state index contributed by atoms with van der Waals surface area (Å²) in [4.78, 5) is 34.1. The zero-order valence-corrected chi connectivity index (χ0v) is 27.3. The number of rotatable bonds is 18. The van der Waals surface area contributed by atoms with Crippen LogP contribution in [-0.2, 0) is 4.79 Å². The summed E-state index contributed by atoms with van der Waals surface area (Å²) in [7, 11) is 0. The van der Waals surface area contributed by atoms with Crippen molar-refractivity contribution in [3.05, 3.63) is 78.4 Å². The summed E-state index contributed by atoms with van der Waals surface area (Å²) in [5.74, 6) is 1.37. The fourth-order valence-corrected chi connectivity index (χ4v) is 4.15. The normalized spacial score (nSPS) is 9.91. The fraction of sp³-hybridized carbons (Fsp3) is 0.312. The number of benzene rings is 3. The molecule has 0 saturated carbocycles. The molecule has 14 heteroatoms. The molecule has 2 amide bonds. The molecule has 0 atom stereocenters. The van der Waals surface area contributed by atoms with Gasteiger partial charge in [0.05, 0.1) is 17.9 Å². The van der Waals surface area contributed by atoms with Gasteiger partial charge in [0.25, 0.3) is 5.91 Å². The molecule has 0 unspecified atom stereocenters. The van der Waals surface area contributed by atoms with Crippen LogP contribution in [0, 0.1) is 0 Å². The summed E-state index contributed by atoms with van der Waals surface area (Å²) in [6.07, 6.45) is 5.41. The first-order chi connectivity index (χ1) is 21.3. The SMILES string of the molecule is Cl.Cl.NC(N)=NCCCCCCCC(=O)Nc1ccc(OCCCN=C(N)N)cc1C(=O)Nc1ccc(Oc2ccccc2)cc1. The second kappa shape index (κ2) is 21.9. The van der Waals surface area contributed by atoms with Gasteiger partial charge in [-0.1, -0.05) is 37.5 Å². The van der Waals surface area contributed by atoms with Gasteiger partial charge in [-0.2, -0.15) is 0 Å². The summed E-state index contributed by atoms with van der Waals surface area (Å²) in [5, 5.41) is 5.78. The van der Waals surface area contributed by atoms with Gasteiger partial charge in [-0.05, 0) is 67.4 Å². The smallest absolute Gasteiger partial charge is 0.257 e. The Morgan fingerprint density at radius 1 is 0.652 bits per heavy atom. The Balaban J connectivity index is 0.00000529. The van der Waals surface area contributed by atoms with E-state index in [2.05, 4.69) is 20.6 Å². The van der Waals surface area contributed by atoms with Crippen LogP contribution in [0.4, 0.5) is 11.4 Å². The number of nitrogens with two attached hydrogens (primary N) is 4. The number of hydrogen-bond donors (Lipinski definition) is 6. The molecule has 0 aliphatic carbocycles. The molecule has 0 radical (unpaired) electrons. The predicted octanol–water partition coefficient (Wildman–Crippen LogP) is 5.17. The van der Waals surface area contributed by atoms with Crippen LogP contribution in [0.1, 0.15) is 55.3 Å². The monoisotopic (exact) mass is 674 g/mol. The Morgan fingerprint density at radius 3 is 1.91 bits per heavy atom. The molecular formula is C32H44Cl2N8O4. The van der Waals surface area contributed by atoms with Crippen molar-refractivity contribution < 1.29 is 19.1 Å². The molecule has 0 aliphatic rings. The average molecular weight is 676 g/mol. The molecule has 0 saturated heterocycles. The maximum Gasteiger partial charge on any atom is 0.257 e. The second-order valence-corrected chi connectivity index (χ2v) is 9.98. The van der Waals surface area contributed by atoms with Crippen LogP contribution >= 0.6 is 24.8 Å². The standard InChI is InChI=1S/C32H42N8O4.2ClH/c33-31(34)37-19-8-3-1-2-7-12-29(41)40-28-18-17-26(43-21-9-20-38-32(35)36)22-27(28)30(42)39-23-13-15-25(16-14-23)44-24-10-5-4-6-11-24;;/h4-6,10-11,13-18,22H,1-3,7-9,12,19-21H2,(H,39,42)(H,40,41)(H4,33,34,37)(H4,35,36,38);2*1H. The van der Waals surface area contributed by atoms with Gasteiger partial charge in [0.15, 0.2) is 11.9 Å². The molecule has 0 aromatic heterocycles. The number of halogens is 2. The summed E-state index contributed by atoms with van der Waals surface area (Å²) < 4.78 is 11.6. The molecule has 0 bridgehead atoms. The number of ether oxygens (including phenoxy) is 2. The number of unbranched alkanes of at least 4 members (excludes halogenated alkanes) is 4. The highest BCUT2D eigenvalue weighted by atomic mass is 35.5. The van der Waals surface area contributed by atoms with Crippen molar-refractivity contribution in [1.29, 1.82) is 0 Å². The lowest BCUT2D eigenvalue weighted by Gasteiger charge is -2.14. The van der Waals surface area contributed by atoms with Gasteiger partial charge in [0.1, 0.15) is 17.2 Å². The van der Waals surface area contributed by atoms with E-state index in [1.807, 2.05) is 30.3 Å². The first-order valence-electron chi connectivity index (χ1n) is 14.6. The Labute approximate surface area is 282 Å². The van der Waals surface area contributed by atoms with E-state index < -0.39 is 5.91 Å². The van der Waals surface area contributed by atoms with Crippen LogP contribution in [0.5, 0.6) is 17.2 Å². The minimum Gasteiger partial charge on any atom is -0.494 e. The number of aliphatic imine (C=N–C) groups is 2. The van der Waals surface area contributed by atoms with Crippen LogP contribution in [0.15, 0.2) is 82.8 Å². The van der Waals surface area contributed by atoms with Crippen LogP contribution in [-0.4, -0.2) is 43.4 Å². The number of guanidine groups is 2. The third kappa shape index (κ3) is 15.4. The highest BCUT2D eigenvalue weighted by Gasteiger charge is 2.16. The van der Waals surface area contributed by atoms with E-state index in [0.717, 1.165) is 32.1 Å². The van der Waals surface area contributed by atoms with Crippen molar-refractivity contribution in [3.8, 4) is 17.2 Å². The van der Waals surface area contributed by atoms with Gasteiger partial charge < -0.3 is 43.0 Å². The van der Waals surface area contributed by atoms with Crippen molar-refractivity contribution in [1.82, 2.24) is 0 Å². The summed E-state index contributed by atoms with van der Waals surface area (Å²) >= 11 is 0. The molecule has 0 aliphatic heterocycles. The number of anilines is 2. The van der Waals surface area contributed by atoms with Crippen molar-refractivity contribution in [2.75, 3.05) is 30.3 Å². The number of amides is 2. The lowest BCUT2D eigenvalue weighted by molar-refractivity contribution is -0.116. The third-order valence-corrected chi connectivity index (χ3v) is 6.32. The molecule has 12 nitrogen and oxygen atoms in total. The molecule has 0 heterocycles. The van der Waals surface area contributed by atoms with Crippen LogP contribution in [0.2, 0.25) is 0 Å². The maximum absolute atomic E-state index is 13.4. The molecule has 3 aromatic carbocycles. The highest BCUT2D eigenvalue weighted by Crippen LogP contribution is 2.26. The number of carbonyl (C=O) groups excluding carboxylic acids is 2. The van der Waals surface area contributed by atoms with Gasteiger partial charge in [-0.25, -0.2) is 0 Å².